The Morgan fingerprint density at radius 3 is 2.33 bits per heavy atom. The Labute approximate surface area is 231 Å². The van der Waals surface area contributed by atoms with Crippen molar-refractivity contribution in [3.63, 3.8) is 0 Å². The summed E-state index contributed by atoms with van der Waals surface area (Å²) < 4.78 is 7.00. The van der Waals surface area contributed by atoms with Gasteiger partial charge in [-0.05, 0) is 45.6 Å². The Balaban J connectivity index is 1.60. The molecule has 8 nitrogen and oxygen atoms in total. The summed E-state index contributed by atoms with van der Waals surface area (Å²) in [5.41, 5.74) is -1.68. The second kappa shape index (κ2) is 10.2. The molecule has 210 valence electrons. The van der Waals surface area contributed by atoms with Gasteiger partial charge >= 0.3 is 0 Å². The molecule has 4 aliphatic heterocycles. The summed E-state index contributed by atoms with van der Waals surface area (Å²) in [7, 11) is 0. The van der Waals surface area contributed by atoms with Gasteiger partial charge in [0.25, 0.3) is 0 Å². The highest BCUT2D eigenvalue weighted by Crippen LogP contribution is 2.58. The smallest absolute Gasteiger partial charge is 0.249 e. The zero-order chi connectivity index (χ0) is 28.0. The first-order valence-electron chi connectivity index (χ1n) is 14.2. The maximum Gasteiger partial charge on any atom is 0.249 e. The molecule has 2 fully saturated rings. The molecule has 0 radical (unpaired) electrons. The van der Waals surface area contributed by atoms with E-state index in [-0.39, 0.29) is 24.3 Å². The predicted octanol–water partition coefficient (Wildman–Crippen LogP) is 2.92. The van der Waals surface area contributed by atoms with Crippen LogP contribution in [-0.2, 0) is 25.7 Å². The molecular formula is C31H41N3O5. The van der Waals surface area contributed by atoms with Crippen LogP contribution in [0.5, 0.6) is 0 Å². The number of aliphatic hydroxyl groups excluding tert-OH is 1. The van der Waals surface area contributed by atoms with Crippen molar-refractivity contribution < 1.29 is 24.2 Å². The number of nitrogens with zero attached hydrogens (tertiary/aromatic N) is 3. The number of unbranched alkanes of at least 4 members (excludes halogenated alkanes) is 1. The van der Waals surface area contributed by atoms with Gasteiger partial charge < -0.3 is 24.5 Å². The Morgan fingerprint density at radius 1 is 0.949 bits per heavy atom. The van der Waals surface area contributed by atoms with Crippen molar-refractivity contribution in [2.24, 2.45) is 11.8 Å². The highest BCUT2D eigenvalue weighted by molar-refractivity contribution is 6.00. The van der Waals surface area contributed by atoms with Gasteiger partial charge in [-0.2, -0.15) is 0 Å². The molecule has 1 unspecified atom stereocenters. The number of fused-ring (bicyclic) bond motifs is 2. The molecule has 0 aromatic heterocycles. The van der Waals surface area contributed by atoms with Crippen molar-refractivity contribution in [1.29, 1.82) is 0 Å². The molecule has 5 atom stereocenters. The van der Waals surface area contributed by atoms with Crippen LogP contribution in [0.3, 0.4) is 0 Å². The quantitative estimate of drug-likeness (QED) is 0.428. The standard InChI is InChI=1S/C31H41N3O5/c1-5-30-15-11-17-32(21-22-13-7-6-8-14-22)26(36)23(30)24-27(37)33(18-9-10-20-35)25-28(38)34(29(2,3)4)19-12-16-31(24,25)39-30/h6-8,11-16,23-25,35H,5,9-10,17-21H2,1-4H3/t23-,24+,25?,30+,31+/m1/s1. The third-order valence-electron chi connectivity index (χ3n) is 8.86. The summed E-state index contributed by atoms with van der Waals surface area (Å²) in [5, 5.41) is 9.41. The Morgan fingerprint density at radius 2 is 1.67 bits per heavy atom. The third kappa shape index (κ3) is 4.42. The molecule has 0 saturated carbocycles. The van der Waals surface area contributed by atoms with E-state index in [1.54, 1.807) is 14.7 Å². The topological polar surface area (TPSA) is 90.4 Å². The summed E-state index contributed by atoms with van der Waals surface area (Å²) in [6.45, 7) is 9.56. The minimum atomic E-state index is -1.25. The first-order valence-corrected chi connectivity index (χ1v) is 14.2. The van der Waals surface area contributed by atoms with Crippen LogP contribution in [0.15, 0.2) is 54.6 Å². The van der Waals surface area contributed by atoms with Gasteiger partial charge in [0.05, 0.1) is 17.4 Å². The third-order valence-corrected chi connectivity index (χ3v) is 8.86. The number of aliphatic hydroxyl groups is 1. The number of hydrogen-bond acceptors (Lipinski definition) is 5. The summed E-state index contributed by atoms with van der Waals surface area (Å²) >= 11 is 0. The summed E-state index contributed by atoms with van der Waals surface area (Å²) in [4.78, 5) is 48.3. The van der Waals surface area contributed by atoms with E-state index >= 15 is 0 Å². The fraction of sp³-hybridized carbons (Fsp3) is 0.581. The van der Waals surface area contributed by atoms with E-state index in [9.17, 15) is 19.5 Å². The zero-order valence-corrected chi connectivity index (χ0v) is 23.5. The van der Waals surface area contributed by atoms with Crippen LogP contribution in [0.4, 0.5) is 0 Å². The molecule has 0 bridgehead atoms. The number of rotatable bonds is 7. The zero-order valence-electron chi connectivity index (χ0n) is 23.5. The average molecular weight is 536 g/mol. The molecule has 4 heterocycles. The van der Waals surface area contributed by atoms with E-state index < -0.39 is 34.6 Å². The predicted molar refractivity (Wildman–Crippen MR) is 147 cm³/mol. The van der Waals surface area contributed by atoms with Gasteiger partial charge in [-0.3, -0.25) is 14.4 Å². The van der Waals surface area contributed by atoms with Crippen molar-refractivity contribution in [3.8, 4) is 0 Å². The maximum absolute atomic E-state index is 14.4. The van der Waals surface area contributed by atoms with Crippen molar-refractivity contribution in [2.45, 2.75) is 76.3 Å². The molecule has 1 aromatic carbocycles. The number of carbonyl (C=O) groups excluding carboxylic acids is 3. The van der Waals surface area contributed by atoms with Crippen LogP contribution in [0, 0.1) is 11.8 Å². The van der Waals surface area contributed by atoms with Gasteiger partial charge in [-0.1, -0.05) is 61.6 Å². The minimum Gasteiger partial charge on any atom is -0.396 e. The summed E-state index contributed by atoms with van der Waals surface area (Å²) in [6.07, 6.45) is 9.38. The molecule has 1 N–H and O–H groups in total. The Bertz CT molecular complexity index is 1170. The summed E-state index contributed by atoms with van der Waals surface area (Å²) in [6, 6.07) is 8.98. The molecule has 3 amide bonds. The fourth-order valence-electron chi connectivity index (χ4n) is 6.99. The largest absolute Gasteiger partial charge is 0.396 e. The molecule has 8 heteroatoms. The lowest BCUT2D eigenvalue weighted by atomic mass is 9.73. The first-order chi connectivity index (χ1) is 18.6. The number of hydrogen-bond donors (Lipinski definition) is 1. The fourth-order valence-corrected chi connectivity index (χ4v) is 6.99. The van der Waals surface area contributed by atoms with Crippen molar-refractivity contribution in [2.75, 3.05) is 26.2 Å². The normalized spacial score (nSPS) is 32.3. The molecule has 1 aromatic rings. The minimum absolute atomic E-state index is 0.0129. The SMILES string of the molecule is CC[C@]12C=CCN(Cc3ccccc3)C(=O)[C@H]1[C@H]1C(=O)N(CCCCO)C3C(=O)N(C(C)(C)C)CC=C[C@@]31O2. The van der Waals surface area contributed by atoms with Gasteiger partial charge in [-0.25, -0.2) is 0 Å². The first kappa shape index (κ1) is 27.6. The van der Waals surface area contributed by atoms with E-state index in [1.165, 1.54) is 0 Å². The van der Waals surface area contributed by atoms with Crippen LogP contribution in [-0.4, -0.2) is 86.6 Å². The lowest BCUT2D eigenvalue weighted by Crippen LogP contribution is -2.59. The highest BCUT2D eigenvalue weighted by Gasteiger charge is 2.75. The Hall–Kier alpha value is -2.97. The van der Waals surface area contributed by atoms with Crippen LogP contribution in [0.25, 0.3) is 0 Å². The molecule has 4 aliphatic rings. The van der Waals surface area contributed by atoms with E-state index in [2.05, 4.69) is 0 Å². The number of likely N-dealkylation sites (tertiary alicyclic amines) is 1. The molecule has 2 saturated heterocycles. The molecule has 5 rings (SSSR count). The monoisotopic (exact) mass is 535 g/mol. The van der Waals surface area contributed by atoms with Crippen LogP contribution in [0.2, 0.25) is 0 Å². The molecule has 1 spiro atoms. The number of benzene rings is 1. The second-order valence-corrected chi connectivity index (χ2v) is 12.2. The molecule has 0 aliphatic carbocycles. The maximum atomic E-state index is 14.4. The van der Waals surface area contributed by atoms with Gasteiger partial charge in [0.1, 0.15) is 11.6 Å². The number of amides is 3. The molecular weight excluding hydrogens is 494 g/mol. The van der Waals surface area contributed by atoms with Crippen LogP contribution < -0.4 is 0 Å². The van der Waals surface area contributed by atoms with Gasteiger partial charge in [0.2, 0.25) is 17.7 Å². The van der Waals surface area contributed by atoms with Gasteiger partial charge in [0, 0.05) is 38.3 Å². The van der Waals surface area contributed by atoms with Gasteiger partial charge in [-0.15, -0.1) is 0 Å². The number of ether oxygens (including phenoxy) is 1. The van der Waals surface area contributed by atoms with Crippen molar-refractivity contribution in [3.05, 3.63) is 60.2 Å². The van der Waals surface area contributed by atoms with E-state index in [0.29, 0.717) is 45.4 Å². The van der Waals surface area contributed by atoms with E-state index in [0.717, 1.165) is 5.56 Å². The van der Waals surface area contributed by atoms with Crippen LogP contribution in [0.1, 0.15) is 52.5 Å². The number of carbonyl (C=O) groups is 3. The molecule has 39 heavy (non-hydrogen) atoms. The second-order valence-electron chi connectivity index (χ2n) is 12.2. The van der Waals surface area contributed by atoms with Crippen LogP contribution >= 0.6 is 0 Å². The lowest BCUT2D eigenvalue weighted by molar-refractivity contribution is -0.156. The van der Waals surface area contributed by atoms with Crippen molar-refractivity contribution >= 4 is 17.7 Å². The summed E-state index contributed by atoms with van der Waals surface area (Å²) in [5.74, 6) is -2.05. The van der Waals surface area contributed by atoms with Gasteiger partial charge in [0.15, 0.2) is 0 Å². The highest BCUT2D eigenvalue weighted by atomic mass is 16.5. The van der Waals surface area contributed by atoms with E-state index in [1.807, 2.05) is 82.3 Å². The lowest BCUT2D eigenvalue weighted by Gasteiger charge is -2.41. The Kier molecular flexibility index (Phi) is 7.22. The average Bonchev–Trinajstić information content (AvgIpc) is 3.18. The van der Waals surface area contributed by atoms with Crippen molar-refractivity contribution in [1.82, 2.24) is 14.7 Å². The van der Waals surface area contributed by atoms with E-state index in [4.69, 9.17) is 4.74 Å².